The van der Waals surface area contributed by atoms with Gasteiger partial charge in [-0.3, -0.25) is 4.79 Å². The first-order valence-corrected chi connectivity index (χ1v) is 7.45. The average Bonchev–Trinajstić information content (AvgIpc) is 3.02. The first kappa shape index (κ1) is 15.1. The zero-order valence-electron chi connectivity index (χ0n) is 13.2. The average molecular weight is 309 g/mol. The molecule has 0 aliphatic rings. The number of imidazole rings is 1. The zero-order chi connectivity index (χ0) is 16.4. The first-order valence-electron chi connectivity index (χ1n) is 7.45. The van der Waals surface area contributed by atoms with Gasteiger partial charge in [-0.15, -0.1) is 0 Å². The molecule has 2 aromatic carbocycles. The van der Waals surface area contributed by atoms with E-state index in [2.05, 4.69) is 9.97 Å². The topological polar surface area (TPSA) is 81.0 Å². The van der Waals surface area contributed by atoms with Gasteiger partial charge in [-0.05, 0) is 54.3 Å². The quantitative estimate of drug-likeness (QED) is 0.560. The van der Waals surface area contributed by atoms with E-state index in [4.69, 9.17) is 10.5 Å². The van der Waals surface area contributed by atoms with E-state index in [1.807, 2.05) is 44.2 Å². The van der Waals surface area contributed by atoms with Gasteiger partial charge < -0.3 is 15.5 Å². The second-order valence-corrected chi connectivity index (χ2v) is 5.66. The van der Waals surface area contributed by atoms with Crippen molar-refractivity contribution >= 4 is 23.2 Å². The third-order valence-corrected chi connectivity index (χ3v) is 4.42. The van der Waals surface area contributed by atoms with Gasteiger partial charge in [-0.1, -0.05) is 12.1 Å². The van der Waals surface area contributed by atoms with Crippen molar-refractivity contribution in [2.24, 2.45) is 0 Å². The summed E-state index contributed by atoms with van der Waals surface area (Å²) in [5, 5.41) is 0. The van der Waals surface area contributed by atoms with Gasteiger partial charge in [0.25, 0.3) is 6.47 Å². The van der Waals surface area contributed by atoms with E-state index < -0.39 is 0 Å². The summed E-state index contributed by atoms with van der Waals surface area (Å²) in [7, 11) is 0. The molecule has 5 nitrogen and oxygen atoms in total. The van der Waals surface area contributed by atoms with E-state index in [0.717, 1.165) is 39.0 Å². The van der Waals surface area contributed by atoms with Gasteiger partial charge in [0, 0.05) is 11.6 Å². The Labute approximate surface area is 134 Å². The second-order valence-electron chi connectivity index (χ2n) is 5.66. The Bertz CT molecular complexity index is 855. The number of nitrogens with one attached hydrogen (secondary N) is 1. The van der Waals surface area contributed by atoms with Crippen LogP contribution < -0.4 is 5.73 Å². The minimum Gasteiger partial charge on any atom is -0.467 e. The highest BCUT2D eigenvalue weighted by molar-refractivity contribution is 5.75. The number of benzene rings is 2. The molecule has 0 aliphatic heterocycles. The molecule has 0 aliphatic carbocycles. The van der Waals surface area contributed by atoms with Crippen LogP contribution in [0.2, 0.25) is 0 Å². The van der Waals surface area contributed by atoms with E-state index in [9.17, 15) is 4.79 Å². The summed E-state index contributed by atoms with van der Waals surface area (Å²) in [6.45, 7) is 4.82. The number of fused-ring (bicyclic) bond motifs is 1. The van der Waals surface area contributed by atoms with Gasteiger partial charge in [-0.25, -0.2) is 4.98 Å². The summed E-state index contributed by atoms with van der Waals surface area (Å²) in [6.07, 6.45) is 1.67. The van der Waals surface area contributed by atoms with Crippen molar-refractivity contribution in [3.05, 3.63) is 58.9 Å². The lowest BCUT2D eigenvalue weighted by Crippen LogP contribution is -2.12. The van der Waals surface area contributed by atoms with Crippen LogP contribution in [-0.4, -0.2) is 23.0 Å². The predicted molar refractivity (Wildman–Crippen MR) is 90.3 cm³/mol. The van der Waals surface area contributed by atoms with Crippen LogP contribution in [0.4, 0.5) is 5.69 Å². The van der Waals surface area contributed by atoms with E-state index in [1.165, 1.54) is 0 Å². The highest BCUT2D eigenvalue weighted by atomic mass is 16.5. The highest BCUT2D eigenvalue weighted by Crippen LogP contribution is 2.32. The van der Waals surface area contributed by atoms with Crippen molar-refractivity contribution in [1.29, 1.82) is 0 Å². The molecule has 1 atom stereocenters. The molecule has 1 heterocycles. The molecule has 0 radical (unpaired) electrons. The number of carbonyl (C=O) groups is 1. The van der Waals surface area contributed by atoms with Crippen LogP contribution in [0.25, 0.3) is 11.0 Å². The van der Waals surface area contributed by atoms with E-state index in [0.29, 0.717) is 6.47 Å². The number of rotatable bonds is 5. The Kier molecular flexibility index (Phi) is 4.02. The molecule has 3 aromatic rings. The molecule has 0 bridgehead atoms. The summed E-state index contributed by atoms with van der Waals surface area (Å²) in [4.78, 5) is 18.0. The maximum absolute atomic E-state index is 10.7. The molecule has 5 heteroatoms. The lowest BCUT2D eigenvalue weighted by Gasteiger charge is -2.21. The maximum Gasteiger partial charge on any atom is 0.293 e. The van der Waals surface area contributed by atoms with E-state index >= 15 is 0 Å². The summed E-state index contributed by atoms with van der Waals surface area (Å²) in [5.41, 5.74) is 13.0. The van der Waals surface area contributed by atoms with Gasteiger partial charge >= 0.3 is 0 Å². The summed E-state index contributed by atoms with van der Waals surface area (Å²) in [6, 6.07) is 9.95. The summed E-state index contributed by atoms with van der Waals surface area (Å²) < 4.78 is 5.09. The monoisotopic (exact) mass is 309 g/mol. The van der Waals surface area contributed by atoms with Crippen LogP contribution in [0, 0.1) is 13.8 Å². The third kappa shape index (κ3) is 2.77. The lowest BCUT2D eigenvalue weighted by atomic mass is 9.87. The van der Waals surface area contributed by atoms with Crippen LogP contribution >= 0.6 is 0 Å². The normalized spacial score (nSPS) is 12.3. The maximum atomic E-state index is 10.7. The molecule has 0 amide bonds. The molecule has 0 fully saturated rings. The fourth-order valence-electron chi connectivity index (χ4n) is 2.91. The minimum atomic E-state index is -0.0489. The van der Waals surface area contributed by atoms with Crippen molar-refractivity contribution in [3.63, 3.8) is 0 Å². The van der Waals surface area contributed by atoms with Crippen molar-refractivity contribution in [1.82, 2.24) is 9.97 Å². The Morgan fingerprint density at radius 3 is 2.87 bits per heavy atom. The Hall–Kier alpha value is -2.82. The fourth-order valence-corrected chi connectivity index (χ4v) is 2.91. The molecular formula is C18H19N3O2. The van der Waals surface area contributed by atoms with Gasteiger partial charge in [0.05, 0.1) is 17.4 Å². The molecule has 0 saturated carbocycles. The zero-order valence-corrected chi connectivity index (χ0v) is 13.2. The lowest BCUT2D eigenvalue weighted by molar-refractivity contribution is -0.128. The first-order chi connectivity index (χ1) is 11.1. The number of ether oxygens (including phenoxy) is 1. The second kappa shape index (κ2) is 6.12. The minimum absolute atomic E-state index is 0.0489. The summed E-state index contributed by atoms with van der Waals surface area (Å²) in [5.74, 6) is -0.0489. The van der Waals surface area contributed by atoms with Crippen molar-refractivity contribution < 1.29 is 9.53 Å². The van der Waals surface area contributed by atoms with Crippen LogP contribution in [0.1, 0.15) is 28.2 Å². The number of aromatic nitrogens is 2. The number of carbonyl (C=O) groups excluding carboxylic acids is 1. The number of hydrogen-bond acceptors (Lipinski definition) is 4. The predicted octanol–water partition coefficient (Wildman–Crippen LogP) is 3.07. The molecule has 1 unspecified atom stereocenters. The van der Waals surface area contributed by atoms with Crippen LogP contribution in [0.3, 0.4) is 0 Å². The standard InChI is InChI=1S/C18H19N3O2/c1-11-12(2)16(19)5-4-14(11)15(8-23-10-22)13-3-6-17-18(7-13)21-9-20-17/h3-7,9-10,15H,8,19H2,1-2H3,(H,20,21). The number of nitrogens with two attached hydrogens (primary N) is 1. The van der Waals surface area contributed by atoms with Gasteiger partial charge in [0.1, 0.15) is 6.61 Å². The van der Waals surface area contributed by atoms with Gasteiger partial charge in [0.2, 0.25) is 0 Å². The van der Waals surface area contributed by atoms with Crippen molar-refractivity contribution in [3.8, 4) is 0 Å². The van der Waals surface area contributed by atoms with Gasteiger partial charge in [0.15, 0.2) is 0 Å². The van der Waals surface area contributed by atoms with Crippen LogP contribution in [-0.2, 0) is 9.53 Å². The number of nitrogen functional groups attached to an aromatic ring is 1. The largest absolute Gasteiger partial charge is 0.467 e. The van der Waals surface area contributed by atoms with Gasteiger partial charge in [-0.2, -0.15) is 0 Å². The number of aromatic amines is 1. The fraction of sp³-hybridized carbons (Fsp3) is 0.222. The van der Waals surface area contributed by atoms with Crippen molar-refractivity contribution in [2.75, 3.05) is 12.3 Å². The molecule has 3 rings (SSSR count). The molecule has 0 spiro atoms. The molecule has 118 valence electrons. The van der Waals surface area contributed by atoms with Crippen LogP contribution in [0.15, 0.2) is 36.7 Å². The molecule has 0 saturated heterocycles. The Morgan fingerprint density at radius 1 is 1.26 bits per heavy atom. The smallest absolute Gasteiger partial charge is 0.293 e. The molecular weight excluding hydrogens is 290 g/mol. The van der Waals surface area contributed by atoms with Crippen LogP contribution in [0.5, 0.6) is 0 Å². The summed E-state index contributed by atoms with van der Waals surface area (Å²) >= 11 is 0. The van der Waals surface area contributed by atoms with E-state index in [-0.39, 0.29) is 12.5 Å². The molecule has 1 aromatic heterocycles. The SMILES string of the molecule is Cc1c(N)ccc(C(COC=O)c2ccc3nc[nH]c3c2)c1C. The molecule has 3 N–H and O–H groups in total. The molecule has 23 heavy (non-hydrogen) atoms. The number of anilines is 1. The highest BCUT2D eigenvalue weighted by Gasteiger charge is 2.19. The Balaban J connectivity index is 2.10. The third-order valence-electron chi connectivity index (χ3n) is 4.42. The number of hydrogen-bond donors (Lipinski definition) is 2. The number of H-pyrrole nitrogens is 1. The van der Waals surface area contributed by atoms with E-state index in [1.54, 1.807) is 6.33 Å². The number of nitrogens with zero attached hydrogens (tertiary/aromatic N) is 1. The Morgan fingerprint density at radius 2 is 2.09 bits per heavy atom. The van der Waals surface area contributed by atoms with Crippen molar-refractivity contribution in [2.45, 2.75) is 19.8 Å².